The number of nitrogens with zero attached hydrogens (tertiary/aromatic N) is 3. The number of hydrogen-bond donors (Lipinski definition) is 1. The molecule has 1 amide bonds. The summed E-state index contributed by atoms with van der Waals surface area (Å²) in [6.45, 7) is 11.4. The van der Waals surface area contributed by atoms with E-state index in [1.54, 1.807) is 18.3 Å². The molecule has 2 aliphatic heterocycles. The van der Waals surface area contributed by atoms with Gasteiger partial charge in [0.1, 0.15) is 0 Å². The van der Waals surface area contributed by atoms with E-state index in [-0.39, 0.29) is 17.4 Å². The Bertz CT molecular complexity index is 1330. The molecule has 7 heteroatoms. The van der Waals surface area contributed by atoms with E-state index in [9.17, 15) is 14.7 Å². The highest BCUT2D eigenvalue weighted by Gasteiger charge is 2.29. The first-order chi connectivity index (χ1) is 18.4. The van der Waals surface area contributed by atoms with E-state index in [4.69, 9.17) is 4.74 Å². The first-order valence-electron chi connectivity index (χ1n) is 13.8. The minimum absolute atomic E-state index is 0.00441. The van der Waals surface area contributed by atoms with Crippen LogP contribution in [-0.4, -0.2) is 57.7 Å². The molecule has 1 aromatic carbocycles. The maximum Gasteiger partial charge on any atom is 0.335 e. The van der Waals surface area contributed by atoms with Gasteiger partial charge in [-0.05, 0) is 47.7 Å². The Balaban J connectivity index is 0.000000617. The van der Waals surface area contributed by atoms with Gasteiger partial charge in [-0.15, -0.1) is 0 Å². The van der Waals surface area contributed by atoms with Crippen molar-refractivity contribution in [1.29, 1.82) is 0 Å². The molecule has 1 saturated heterocycles. The van der Waals surface area contributed by atoms with Crippen LogP contribution in [-0.2, 0) is 16.1 Å². The lowest BCUT2D eigenvalue weighted by Crippen LogP contribution is -2.41. The predicted octanol–water partition coefficient (Wildman–Crippen LogP) is 6.37. The number of amides is 1. The van der Waals surface area contributed by atoms with E-state index >= 15 is 0 Å². The highest BCUT2D eigenvalue weighted by Crippen LogP contribution is 2.43. The number of aromatic carboxylic acids is 1. The number of carboxylic acid groups (broad SMARTS) is 1. The SMILES string of the molecule is CCC(C)c1c2n(c3cc(C(=O)O)ccc13)CC(C(=O)N1CCOCC1)=Cc1ccncc1-2.CCCCC. The van der Waals surface area contributed by atoms with Gasteiger partial charge in [0.25, 0.3) is 5.91 Å². The summed E-state index contributed by atoms with van der Waals surface area (Å²) in [5.74, 6) is -0.715. The number of carboxylic acids is 1. The molecule has 38 heavy (non-hydrogen) atoms. The molecule has 7 nitrogen and oxygen atoms in total. The number of morpholine rings is 1. The summed E-state index contributed by atoms with van der Waals surface area (Å²) in [6, 6.07) is 7.24. The van der Waals surface area contributed by atoms with Crippen molar-refractivity contribution in [3.8, 4) is 11.3 Å². The van der Waals surface area contributed by atoms with Crippen LogP contribution >= 0.6 is 0 Å². The molecule has 3 aromatic rings. The Labute approximate surface area is 225 Å². The van der Waals surface area contributed by atoms with Gasteiger partial charge in [0.2, 0.25) is 0 Å². The van der Waals surface area contributed by atoms with Crippen LogP contribution in [0, 0.1) is 0 Å². The van der Waals surface area contributed by atoms with Crippen LogP contribution in [0.3, 0.4) is 0 Å². The Morgan fingerprint density at radius 3 is 2.47 bits per heavy atom. The molecular formula is C31H39N3O4. The lowest BCUT2D eigenvalue weighted by Gasteiger charge is -2.28. The first kappa shape index (κ1) is 27.6. The fraction of sp³-hybridized carbons (Fsp3) is 0.452. The molecule has 2 aliphatic rings. The Morgan fingerprint density at radius 1 is 1.11 bits per heavy atom. The zero-order valence-electron chi connectivity index (χ0n) is 23.0. The van der Waals surface area contributed by atoms with Gasteiger partial charge in [-0.3, -0.25) is 9.78 Å². The number of unbranched alkanes of at least 4 members (excludes halogenated alkanes) is 2. The van der Waals surface area contributed by atoms with Crippen molar-refractivity contribution >= 4 is 28.9 Å². The smallest absolute Gasteiger partial charge is 0.335 e. The number of rotatable bonds is 6. The highest BCUT2D eigenvalue weighted by atomic mass is 16.5. The van der Waals surface area contributed by atoms with Gasteiger partial charge >= 0.3 is 5.97 Å². The molecule has 0 spiro atoms. The van der Waals surface area contributed by atoms with E-state index in [2.05, 4.69) is 37.2 Å². The van der Waals surface area contributed by atoms with E-state index in [0.717, 1.165) is 34.1 Å². The molecule has 202 valence electrons. The third-order valence-electron chi connectivity index (χ3n) is 7.50. The molecule has 2 aromatic heterocycles. The lowest BCUT2D eigenvalue weighted by molar-refractivity contribution is -0.131. The Hall–Kier alpha value is -3.45. The molecule has 0 saturated carbocycles. The molecule has 1 fully saturated rings. The van der Waals surface area contributed by atoms with Gasteiger partial charge in [-0.2, -0.15) is 0 Å². The Kier molecular flexibility index (Phi) is 9.00. The van der Waals surface area contributed by atoms with E-state index in [0.29, 0.717) is 38.4 Å². The second kappa shape index (κ2) is 12.4. The van der Waals surface area contributed by atoms with E-state index in [1.807, 2.05) is 29.3 Å². The standard InChI is InChI=1S/C26H27N3O4.C5H12/c1-3-16(2)23-20-5-4-18(26(31)32)13-22(20)29-15-19(25(30)28-8-10-33-11-9-28)12-17-6-7-27-14-21(17)24(23)29;1-3-5-4-2/h4-7,12-14,16H,3,8-11,15H2,1-2H3,(H,31,32);3-5H2,1-2H3. The largest absolute Gasteiger partial charge is 0.478 e. The van der Waals surface area contributed by atoms with Crippen LogP contribution in [0.5, 0.6) is 0 Å². The van der Waals surface area contributed by atoms with Crippen LogP contribution in [0.4, 0.5) is 0 Å². The third-order valence-corrected chi connectivity index (χ3v) is 7.50. The summed E-state index contributed by atoms with van der Waals surface area (Å²) in [4.78, 5) is 31.5. The van der Waals surface area contributed by atoms with Crippen LogP contribution in [0.25, 0.3) is 28.2 Å². The average Bonchev–Trinajstić information content (AvgIpc) is 3.15. The average molecular weight is 518 g/mol. The second-order valence-corrected chi connectivity index (χ2v) is 10.1. The number of carbonyl (C=O) groups excluding carboxylic acids is 1. The van der Waals surface area contributed by atoms with Gasteiger partial charge in [0.05, 0.1) is 31.0 Å². The van der Waals surface area contributed by atoms with Crippen molar-refractivity contribution in [2.24, 2.45) is 0 Å². The van der Waals surface area contributed by atoms with Crippen molar-refractivity contribution in [2.45, 2.75) is 65.8 Å². The monoisotopic (exact) mass is 517 g/mol. The molecule has 5 rings (SSSR count). The number of hydrogen-bond acceptors (Lipinski definition) is 4. The second-order valence-electron chi connectivity index (χ2n) is 10.1. The van der Waals surface area contributed by atoms with Crippen LogP contribution in [0.1, 0.15) is 80.8 Å². The summed E-state index contributed by atoms with van der Waals surface area (Å²) in [6.07, 6.45) is 10.6. The summed E-state index contributed by atoms with van der Waals surface area (Å²) >= 11 is 0. The van der Waals surface area contributed by atoms with Crippen molar-refractivity contribution in [2.75, 3.05) is 26.3 Å². The highest BCUT2D eigenvalue weighted by molar-refractivity contribution is 6.03. The molecule has 4 heterocycles. The summed E-state index contributed by atoms with van der Waals surface area (Å²) < 4.78 is 7.54. The predicted molar refractivity (Wildman–Crippen MR) is 151 cm³/mol. The van der Waals surface area contributed by atoms with Crippen molar-refractivity contribution in [3.63, 3.8) is 0 Å². The van der Waals surface area contributed by atoms with Crippen molar-refractivity contribution < 1.29 is 19.4 Å². The molecule has 0 bridgehead atoms. The number of carbonyl (C=O) groups is 2. The third kappa shape index (κ3) is 5.53. The van der Waals surface area contributed by atoms with Gasteiger partial charge in [0.15, 0.2) is 0 Å². The van der Waals surface area contributed by atoms with Gasteiger partial charge < -0.3 is 19.3 Å². The number of fused-ring (bicyclic) bond motifs is 5. The summed E-state index contributed by atoms with van der Waals surface area (Å²) in [7, 11) is 0. The first-order valence-corrected chi connectivity index (χ1v) is 13.8. The van der Waals surface area contributed by atoms with E-state index < -0.39 is 5.97 Å². The van der Waals surface area contributed by atoms with Crippen molar-refractivity contribution in [3.05, 3.63) is 58.9 Å². The fourth-order valence-electron chi connectivity index (χ4n) is 5.25. The van der Waals surface area contributed by atoms with Gasteiger partial charge in [0, 0.05) is 47.5 Å². The van der Waals surface area contributed by atoms with Crippen LogP contribution in [0.2, 0.25) is 0 Å². The van der Waals surface area contributed by atoms with Gasteiger partial charge in [-0.1, -0.05) is 53.0 Å². The quantitative estimate of drug-likeness (QED) is 0.411. The molecule has 1 N–H and O–H groups in total. The van der Waals surface area contributed by atoms with Crippen LogP contribution in [0.15, 0.2) is 42.2 Å². The number of benzene rings is 1. The summed E-state index contributed by atoms with van der Waals surface area (Å²) in [5.41, 5.74) is 5.85. The van der Waals surface area contributed by atoms with E-state index in [1.165, 1.54) is 24.8 Å². The Morgan fingerprint density at radius 2 is 1.84 bits per heavy atom. The summed E-state index contributed by atoms with van der Waals surface area (Å²) in [5, 5.41) is 10.7. The zero-order chi connectivity index (χ0) is 27.2. The molecule has 1 unspecified atom stereocenters. The minimum atomic E-state index is -0.964. The fourth-order valence-corrected chi connectivity index (χ4v) is 5.25. The molecule has 0 radical (unpaired) electrons. The van der Waals surface area contributed by atoms with Gasteiger partial charge in [-0.25, -0.2) is 4.79 Å². The normalized spacial score (nSPS) is 15.5. The maximum atomic E-state index is 13.5. The maximum absolute atomic E-state index is 13.5. The minimum Gasteiger partial charge on any atom is -0.478 e. The molecule has 0 aliphatic carbocycles. The zero-order valence-corrected chi connectivity index (χ0v) is 23.0. The number of aromatic nitrogens is 2. The molecule has 1 atom stereocenters. The van der Waals surface area contributed by atoms with Crippen LogP contribution < -0.4 is 0 Å². The number of ether oxygens (including phenoxy) is 1. The lowest BCUT2D eigenvalue weighted by atomic mass is 9.91. The molecular weight excluding hydrogens is 478 g/mol. The number of pyridine rings is 1. The topological polar surface area (TPSA) is 84.7 Å². The van der Waals surface area contributed by atoms with Crippen molar-refractivity contribution in [1.82, 2.24) is 14.5 Å².